The van der Waals surface area contributed by atoms with Gasteiger partial charge in [-0.2, -0.15) is 0 Å². The normalized spacial score (nSPS) is 27.2. The Kier molecular flexibility index (Phi) is 4.13. The Bertz CT molecular complexity index is 424. The summed E-state index contributed by atoms with van der Waals surface area (Å²) in [5.74, 6) is 0.786. The molecule has 2 atom stereocenters. The SMILES string of the molecule is CCC(C)[C@H]1CNCCN1CC1(c2ccccc2)CC1. The number of benzene rings is 1. The van der Waals surface area contributed by atoms with Gasteiger partial charge in [0.05, 0.1) is 0 Å². The van der Waals surface area contributed by atoms with E-state index in [1.807, 2.05) is 0 Å². The zero-order chi connectivity index (χ0) is 14.0. The third kappa shape index (κ3) is 2.77. The Morgan fingerprint density at radius 1 is 1.30 bits per heavy atom. The lowest BCUT2D eigenvalue weighted by Gasteiger charge is -2.41. The second-order valence-electron chi connectivity index (χ2n) is 6.77. The molecule has 20 heavy (non-hydrogen) atoms. The molecule has 1 aromatic carbocycles. The lowest BCUT2D eigenvalue weighted by molar-refractivity contribution is 0.105. The van der Waals surface area contributed by atoms with Crippen molar-refractivity contribution in [1.82, 2.24) is 10.2 Å². The van der Waals surface area contributed by atoms with Crippen molar-refractivity contribution < 1.29 is 0 Å². The fourth-order valence-corrected chi connectivity index (χ4v) is 3.67. The summed E-state index contributed by atoms with van der Waals surface area (Å²) in [5.41, 5.74) is 2.02. The van der Waals surface area contributed by atoms with Crippen LogP contribution in [0.2, 0.25) is 0 Å². The molecule has 2 fully saturated rings. The predicted molar refractivity (Wildman–Crippen MR) is 85.0 cm³/mol. The molecule has 1 heterocycles. The van der Waals surface area contributed by atoms with Gasteiger partial charge in [0.25, 0.3) is 0 Å². The van der Waals surface area contributed by atoms with E-state index in [0.29, 0.717) is 5.41 Å². The maximum Gasteiger partial charge on any atom is 0.0247 e. The van der Waals surface area contributed by atoms with E-state index >= 15 is 0 Å². The molecule has 1 saturated heterocycles. The monoisotopic (exact) mass is 272 g/mol. The number of hydrogen-bond donors (Lipinski definition) is 1. The van der Waals surface area contributed by atoms with Gasteiger partial charge in [-0.1, -0.05) is 50.6 Å². The van der Waals surface area contributed by atoms with Crippen LogP contribution in [0.15, 0.2) is 30.3 Å². The van der Waals surface area contributed by atoms with Gasteiger partial charge in [-0.05, 0) is 24.3 Å². The van der Waals surface area contributed by atoms with Crippen LogP contribution in [0.3, 0.4) is 0 Å². The van der Waals surface area contributed by atoms with Crippen LogP contribution in [0.25, 0.3) is 0 Å². The van der Waals surface area contributed by atoms with E-state index in [2.05, 4.69) is 54.4 Å². The number of nitrogens with zero attached hydrogens (tertiary/aromatic N) is 1. The van der Waals surface area contributed by atoms with Gasteiger partial charge in [0.15, 0.2) is 0 Å². The van der Waals surface area contributed by atoms with Crippen LogP contribution in [-0.4, -0.2) is 37.1 Å². The summed E-state index contributed by atoms with van der Waals surface area (Å²) in [6.45, 7) is 9.52. The van der Waals surface area contributed by atoms with Crippen molar-refractivity contribution in [2.24, 2.45) is 5.92 Å². The molecule has 2 nitrogen and oxygen atoms in total. The molecule has 0 bridgehead atoms. The summed E-state index contributed by atoms with van der Waals surface area (Å²) in [6, 6.07) is 11.9. The highest BCUT2D eigenvalue weighted by atomic mass is 15.2. The Balaban J connectivity index is 1.72. The molecular weight excluding hydrogens is 244 g/mol. The first-order valence-electron chi connectivity index (χ1n) is 8.25. The topological polar surface area (TPSA) is 15.3 Å². The van der Waals surface area contributed by atoms with Crippen LogP contribution in [0.5, 0.6) is 0 Å². The van der Waals surface area contributed by atoms with Crippen LogP contribution in [0.1, 0.15) is 38.7 Å². The predicted octanol–water partition coefficient (Wildman–Crippen LogP) is 3.04. The van der Waals surface area contributed by atoms with E-state index in [-0.39, 0.29) is 0 Å². The fraction of sp³-hybridized carbons (Fsp3) is 0.667. The van der Waals surface area contributed by atoms with Crippen molar-refractivity contribution in [2.45, 2.75) is 44.6 Å². The summed E-state index contributed by atoms with van der Waals surface area (Å²) in [7, 11) is 0. The van der Waals surface area contributed by atoms with Gasteiger partial charge < -0.3 is 5.32 Å². The van der Waals surface area contributed by atoms with Crippen molar-refractivity contribution in [2.75, 3.05) is 26.2 Å². The van der Waals surface area contributed by atoms with Gasteiger partial charge in [0.1, 0.15) is 0 Å². The lowest BCUT2D eigenvalue weighted by Crippen LogP contribution is -2.55. The maximum absolute atomic E-state index is 3.58. The number of nitrogens with one attached hydrogen (secondary N) is 1. The minimum absolute atomic E-state index is 0.463. The third-order valence-corrected chi connectivity index (χ3v) is 5.44. The largest absolute Gasteiger partial charge is 0.314 e. The molecule has 1 aliphatic heterocycles. The molecule has 1 N–H and O–H groups in total. The molecule has 2 aliphatic rings. The molecule has 1 aliphatic carbocycles. The molecule has 1 saturated carbocycles. The highest BCUT2D eigenvalue weighted by molar-refractivity contribution is 5.31. The lowest BCUT2D eigenvalue weighted by atomic mass is 9.91. The summed E-state index contributed by atoms with van der Waals surface area (Å²) in [6.07, 6.45) is 4.02. The first-order chi connectivity index (χ1) is 9.75. The van der Waals surface area contributed by atoms with Crippen molar-refractivity contribution in [3.63, 3.8) is 0 Å². The average molecular weight is 272 g/mol. The quantitative estimate of drug-likeness (QED) is 0.886. The van der Waals surface area contributed by atoms with Crippen LogP contribution in [0, 0.1) is 5.92 Å². The summed E-state index contributed by atoms with van der Waals surface area (Å²) in [5, 5.41) is 3.58. The van der Waals surface area contributed by atoms with Crippen LogP contribution in [0.4, 0.5) is 0 Å². The molecule has 1 unspecified atom stereocenters. The smallest absolute Gasteiger partial charge is 0.0247 e. The summed E-state index contributed by atoms with van der Waals surface area (Å²) >= 11 is 0. The highest BCUT2D eigenvalue weighted by Gasteiger charge is 2.46. The van der Waals surface area contributed by atoms with Gasteiger partial charge in [0, 0.05) is 37.6 Å². The Hall–Kier alpha value is -0.860. The molecule has 0 radical (unpaired) electrons. The van der Waals surface area contributed by atoms with Crippen molar-refractivity contribution in [3.8, 4) is 0 Å². The Morgan fingerprint density at radius 2 is 2.05 bits per heavy atom. The van der Waals surface area contributed by atoms with E-state index < -0.39 is 0 Å². The molecule has 110 valence electrons. The molecule has 0 aromatic heterocycles. The molecular formula is C18H28N2. The first-order valence-corrected chi connectivity index (χ1v) is 8.25. The second kappa shape index (κ2) is 5.87. The molecule has 0 spiro atoms. The van der Waals surface area contributed by atoms with E-state index in [1.54, 1.807) is 5.56 Å². The van der Waals surface area contributed by atoms with Crippen LogP contribution < -0.4 is 5.32 Å². The fourth-order valence-electron chi connectivity index (χ4n) is 3.67. The van der Waals surface area contributed by atoms with Crippen molar-refractivity contribution in [3.05, 3.63) is 35.9 Å². The molecule has 3 rings (SSSR count). The van der Waals surface area contributed by atoms with Crippen LogP contribution >= 0.6 is 0 Å². The van der Waals surface area contributed by atoms with Gasteiger partial charge in [-0.25, -0.2) is 0 Å². The van der Waals surface area contributed by atoms with Gasteiger partial charge >= 0.3 is 0 Å². The van der Waals surface area contributed by atoms with E-state index in [4.69, 9.17) is 0 Å². The standard InChI is InChI=1S/C18H28N2/c1-3-15(2)17-13-19-11-12-20(17)14-18(9-10-18)16-7-5-4-6-8-16/h4-8,15,17,19H,3,9-14H2,1-2H3/t15?,17-/m1/s1. The number of hydrogen-bond acceptors (Lipinski definition) is 2. The number of piperazine rings is 1. The van der Waals surface area contributed by atoms with Gasteiger partial charge in [0.2, 0.25) is 0 Å². The van der Waals surface area contributed by atoms with E-state index in [9.17, 15) is 0 Å². The number of rotatable bonds is 5. The summed E-state index contributed by atoms with van der Waals surface area (Å²) in [4.78, 5) is 2.77. The average Bonchev–Trinajstić information content (AvgIpc) is 3.29. The zero-order valence-corrected chi connectivity index (χ0v) is 12.9. The molecule has 1 aromatic rings. The van der Waals surface area contributed by atoms with Crippen molar-refractivity contribution in [1.29, 1.82) is 0 Å². The van der Waals surface area contributed by atoms with Crippen LogP contribution in [-0.2, 0) is 5.41 Å². The Labute approximate surface area is 123 Å². The molecule has 0 amide bonds. The summed E-state index contributed by atoms with van der Waals surface area (Å²) < 4.78 is 0. The zero-order valence-electron chi connectivity index (χ0n) is 12.9. The van der Waals surface area contributed by atoms with E-state index in [1.165, 1.54) is 38.9 Å². The first kappa shape index (κ1) is 14.1. The minimum Gasteiger partial charge on any atom is -0.314 e. The second-order valence-corrected chi connectivity index (χ2v) is 6.77. The Morgan fingerprint density at radius 3 is 2.70 bits per heavy atom. The van der Waals surface area contributed by atoms with E-state index in [0.717, 1.165) is 18.5 Å². The van der Waals surface area contributed by atoms with Gasteiger partial charge in [-0.3, -0.25) is 4.90 Å². The van der Waals surface area contributed by atoms with Gasteiger partial charge in [-0.15, -0.1) is 0 Å². The molecule has 2 heteroatoms. The minimum atomic E-state index is 0.463. The maximum atomic E-state index is 3.58. The van der Waals surface area contributed by atoms with Crippen molar-refractivity contribution >= 4 is 0 Å². The third-order valence-electron chi connectivity index (χ3n) is 5.44. The highest BCUT2D eigenvalue weighted by Crippen LogP contribution is 2.49.